The number of ketones is 1. The van der Waals surface area contributed by atoms with Crippen LogP contribution in [0, 0.1) is 17.7 Å². The summed E-state index contributed by atoms with van der Waals surface area (Å²) in [4.78, 5) is 16.2. The van der Waals surface area contributed by atoms with E-state index in [0.717, 1.165) is 35.4 Å². The second-order valence-electron chi connectivity index (χ2n) is 9.54. The van der Waals surface area contributed by atoms with Gasteiger partial charge in [0.1, 0.15) is 35.3 Å². The van der Waals surface area contributed by atoms with Crippen LogP contribution in [0.3, 0.4) is 0 Å². The lowest BCUT2D eigenvalue weighted by molar-refractivity contribution is -0.117. The van der Waals surface area contributed by atoms with Crippen molar-refractivity contribution in [3.63, 3.8) is 0 Å². The van der Waals surface area contributed by atoms with Crippen molar-refractivity contribution in [3.05, 3.63) is 77.2 Å². The molecule has 0 bridgehead atoms. The maximum absolute atomic E-state index is 15.0. The number of hydrogen-bond acceptors (Lipinski definition) is 5. The first-order valence-corrected chi connectivity index (χ1v) is 12.7. The van der Waals surface area contributed by atoms with Gasteiger partial charge < -0.3 is 14.2 Å². The molecule has 3 atom stereocenters. The van der Waals surface area contributed by atoms with E-state index in [2.05, 4.69) is 16.8 Å². The van der Waals surface area contributed by atoms with E-state index in [1.807, 2.05) is 36.4 Å². The maximum atomic E-state index is 15.0. The van der Waals surface area contributed by atoms with Crippen LogP contribution >= 0.6 is 0 Å². The standard InChI is InChI=1S/C31H30FNO4/c1-3-4-22(17-20(2)34)21-5-7-23(8-6-21)37-30-14-11-27-26(10-12-28(32)31(27)30)29-13-9-24(18-33-29)36-25-15-16-35-19-25/h5-10,12-13,18,22,25,30H,11,14-17,19H2,1-2H3/t22-,25+,30+/m0/s1. The van der Waals surface area contributed by atoms with Crippen molar-refractivity contribution in [1.29, 1.82) is 0 Å². The summed E-state index contributed by atoms with van der Waals surface area (Å²) >= 11 is 0. The van der Waals surface area contributed by atoms with Crippen LogP contribution in [-0.2, 0) is 16.0 Å². The summed E-state index contributed by atoms with van der Waals surface area (Å²) < 4.78 is 32.6. The molecule has 1 aromatic heterocycles. The van der Waals surface area contributed by atoms with Crippen molar-refractivity contribution >= 4 is 5.78 Å². The van der Waals surface area contributed by atoms with Crippen LogP contribution in [0.1, 0.15) is 61.8 Å². The Morgan fingerprint density at radius 3 is 2.59 bits per heavy atom. The SMILES string of the molecule is CC#C[C@@H](CC(C)=O)c1ccc(O[C@@H]2CCc3c(-c4ccc(O[C@@H]5CCOC5)cn4)ccc(F)c32)cc1. The lowest BCUT2D eigenvalue weighted by atomic mass is 9.94. The number of hydrogen-bond donors (Lipinski definition) is 0. The minimum Gasteiger partial charge on any atom is -0.486 e. The zero-order valence-corrected chi connectivity index (χ0v) is 21.1. The van der Waals surface area contributed by atoms with Crippen LogP contribution in [0.5, 0.6) is 11.5 Å². The number of fused-ring (bicyclic) bond motifs is 1. The minimum absolute atomic E-state index is 0.0642. The highest BCUT2D eigenvalue weighted by Gasteiger charge is 2.30. The van der Waals surface area contributed by atoms with Gasteiger partial charge in [-0.2, -0.15) is 0 Å². The topological polar surface area (TPSA) is 57.7 Å². The highest BCUT2D eigenvalue weighted by atomic mass is 19.1. The largest absolute Gasteiger partial charge is 0.486 e. The van der Waals surface area contributed by atoms with Gasteiger partial charge >= 0.3 is 0 Å². The molecule has 5 rings (SSSR count). The average molecular weight is 500 g/mol. The Labute approximate surface area is 217 Å². The van der Waals surface area contributed by atoms with Gasteiger partial charge in [0, 0.05) is 24.0 Å². The van der Waals surface area contributed by atoms with Gasteiger partial charge in [0.15, 0.2) is 0 Å². The third-order valence-electron chi connectivity index (χ3n) is 6.86. The average Bonchev–Trinajstić information content (AvgIpc) is 3.56. The Kier molecular flexibility index (Phi) is 7.52. The predicted molar refractivity (Wildman–Crippen MR) is 139 cm³/mol. The maximum Gasteiger partial charge on any atom is 0.138 e. The van der Waals surface area contributed by atoms with Gasteiger partial charge in [-0.1, -0.05) is 18.1 Å². The number of nitrogens with zero attached hydrogens (tertiary/aromatic N) is 1. The Balaban J connectivity index is 1.33. The van der Waals surface area contributed by atoms with Gasteiger partial charge in [-0.05, 0) is 74.2 Å². The van der Waals surface area contributed by atoms with E-state index in [-0.39, 0.29) is 29.7 Å². The lowest BCUT2D eigenvalue weighted by Crippen LogP contribution is -2.15. The first-order valence-electron chi connectivity index (χ1n) is 12.7. The highest BCUT2D eigenvalue weighted by molar-refractivity contribution is 5.77. The van der Waals surface area contributed by atoms with E-state index in [1.165, 1.54) is 6.07 Å². The smallest absolute Gasteiger partial charge is 0.138 e. The molecule has 190 valence electrons. The molecular weight excluding hydrogens is 469 g/mol. The van der Waals surface area contributed by atoms with Crippen molar-refractivity contribution in [2.24, 2.45) is 0 Å². The van der Waals surface area contributed by atoms with Crippen LogP contribution in [-0.4, -0.2) is 30.1 Å². The molecule has 0 N–H and O–H groups in total. The molecule has 37 heavy (non-hydrogen) atoms. The number of carbonyl (C=O) groups is 1. The molecule has 1 aliphatic heterocycles. The lowest BCUT2D eigenvalue weighted by Gasteiger charge is -2.17. The number of carbonyl (C=O) groups excluding carboxylic acids is 1. The highest BCUT2D eigenvalue weighted by Crippen LogP contribution is 2.41. The van der Waals surface area contributed by atoms with Crippen LogP contribution in [0.15, 0.2) is 54.7 Å². The second-order valence-corrected chi connectivity index (χ2v) is 9.54. The number of benzene rings is 2. The normalized spacial score (nSPS) is 19.0. The Hall–Kier alpha value is -3.69. The number of Topliss-reactive ketones (excluding diaryl/α,β-unsaturated/α-hetero) is 1. The third kappa shape index (κ3) is 5.68. The van der Waals surface area contributed by atoms with Gasteiger partial charge in [0.25, 0.3) is 0 Å². The molecule has 2 aromatic carbocycles. The minimum atomic E-state index is -0.380. The molecular formula is C31H30FNO4. The van der Waals surface area contributed by atoms with E-state index in [9.17, 15) is 4.79 Å². The Morgan fingerprint density at radius 2 is 1.92 bits per heavy atom. The summed E-state index contributed by atoms with van der Waals surface area (Å²) in [5, 5.41) is 0. The Bertz CT molecular complexity index is 1320. The van der Waals surface area contributed by atoms with Crippen molar-refractivity contribution < 1.29 is 23.4 Å². The summed E-state index contributed by atoms with van der Waals surface area (Å²) in [7, 11) is 0. The summed E-state index contributed by atoms with van der Waals surface area (Å²) in [6.45, 7) is 4.67. The molecule has 1 aliphatic carbocycles. The molecule has 0 amide bonds. The van der Waals surface area contributed by atoms with Crippen LogP contribution in [0.2, 0.25) is 0 Å². The van der Waals surface area contributed by atoms with Crippen molar-refractivity contribution in [2.75, 3.05) is 13.2 Å². The summed E-state index contributed by atoms with van der Waals surface area (Å²) in [6, 6.07) is 14.7. The first kappa shape index (κ1) is 25.0. The number of rotatable bonds is 8. The van der Waals surface area contributed by atoms with Gasteiger partial charge in [0.2, 0.25) is 0 Å². The number of halogens is 1. The molecule has 5 nitrogen and oxygen atoms in total. The molecule has 1 fully saturated rings. The molecule has 0 saturated carbocycles. The third-order valence-corrected chi connectivity index (χ3v) is 6.86. The van der Waals surface area contributed by atoms with Crippen molar-refractivity contribution in [3.8, 4) is 34.6 Å². The van der Waals surface area contributed by atoms with Crippen molar-refractivity contribution in [1.82, 2.24) is 4.98 Å². The van der Waals surface area contributed by atoms with E-state index in [1.54, 1.807) is 26.1 Å². The van der Waals surface area contributed by atoms with E-state index < -0.39 is 0 Å². The molecule has 6 heteroatoms. The number of aromatic nitrogens is 1. The van der Waals surface area contributed by atoms with E-state index in [0.29, 0.717) is 42.9 Å². The molecule has 0 spiro atoms. The van der Waals surface area contributed by atoms with Crippen LogP contribution < -0.4 is 9.47 Å². The summed E-state index contributed by atoms with van der Waals surface area (Å²) in [5.41, 5.74) is 4.20. The number of pyridine rings is 1. The molecule has 1 saturated heterocycles. The second kappa shape index (κ2) is 11.1. The Morgan fingerprint density at radius 1 is 1.11 bits per heavy atom. The van der Waals surface area contributed by atoms with E-state index in [4.69, 9.17) is 14.2 Å². The monoisotopic (exact) mass is 499 g/mol. The fourth-order valence-electron chi connectivity index (χ4n) is 5.10. The fourth-order valence-corrected chi connectivity index (χ4v) is 5.10. The molecule has 2 heterocycles. The van der Waals surface area contributed by atoms with Gasteiger partial charge in [0.05, 0.1) is 31.0 Å². The first-order chi connectivity index (χ1) is 18.0. The van der Waals surface area contributed by atoms with E-state index >= 15 is 4.39 Å². The molecule has 2 aliphatic rings. The predicted octanol–water partition coefficient (Wildman–Crippen LogP) is 6.21. The van der Waals surface area contributed by atoms with Gasteiger partial charge in [-0.15, -0.1) is 5.92 Å². The van der Waals surface area contributed by atoms with Gasteiger partial charge in [-0.25, -0.2) is 4.39 Å². The van der Waals surface area contributed by atoms with Crippen LogP contribution in [0.25, 0.3) is 11.3 Å². The zero-order chi connectivity index (χ0) is 25.8. The zero-order valence-electron chi connectivity index (χ0n) is 21.1. The van der Waals surface area contributed by atoms with Gasteiger partial charge in [-0.3, -0.25) is 9.78 Å². The number of ether oxygens (including phenoxy) is 3. The summed E-state index contributed by atoms with van der Waals surface area (Å²) in [5.74, 6) is 7.07. The van der Waals surface area contributed by atoms with Crippen molar-refractivity contribution in [2.45, 2.75) is 57.7 Å². The quantitative estimate of drug-likeness (QED) is 0.345. The van der Waals surface area contributed by atoms with Crippen LogP contribution in [0.4, 0.5) is 4.39 Å². The molecule has 3 aromatic rings. The molecule has 0 unspecified atom stereocenters. The molecule has 0 radical (unpaired) electrons. The summed E-state index contributed by atoms with van der Waals surface area (Å²) in [6.07, 6.45) is 4.04. The fraction of sp³-hybridized carbons (Fsp3) is 0.355.